The largest absolute Gasteiger partial charge is 0.508 e. The standard InChI is InChI=1S/C30H31FN6O/c31-26-23(25-12-21(38)11-18-3-1-2-4-22(18)25)7-8-24-27(26)34-29(37-16-30(17-37)9-10-32-15-30)35-28(24)36-13-19-5-6-20(14-36)33-19/h1-4,7-8,11-12,19-20,32-33,38H,5-6,9-10,13-17H2. The summed E-state index contributed by atoms with van der Waals surface area (Å²) in [5.74, 6) is 1.21. The number of anilines is 2. The van der Waals surface area contributed by atoms with Crippen LogP contribution in [0.5, 0.6) is 5.75 Å². The monoisotopic (exact) mass is 510 g/mol. The third kappa shape index (κ3) is 3.47. The van der Waals surface area contributed by atoms with Crippen LogP contribution in [-0.4, -0.2) is 66.4 Å². The lowest BCUT2D eigenvalue weighted by molar-refractivity contribution is 0.240. The molecule has 2 atom stereocenters. The zero-order valence-electron chi connectivity index (χ0n) is 21.3. The minimum absolute atomic E-state index is 0.120. The topological polar surface area (TPSA) is 76.6 Å². The predicted octanol–water partition coefficient (Wildman–Crippen LogP) is 4.04. The Balaban J connectivity index is 1.29. The Morgan fingerprint density at radius 3 is 2.53 bits per heavy atom. The SMILES string of the molecule is Oc1cc(-c2ccc3c(N4CC5CCC(C4)N5)nc(N4CC5(CCNC5)C4)nc3c2F)c2ccccc2c1. The van der Waals surface area contributed by atoms with Crippen LogP contribution in [0.1, 0.15) is 19.3 Å². The molecule has 3 aromatic carbocycles. The summed E-state index contributed by atoms with van der Waals surface area (Å²) >= 11 is 0. The maximum atomic E-state index is 16.6. The van der Waals surface area contributed by atoms with Gasteiger partial charge in [-0.25, -0.2) is 9.37 Å². The molecule has 2 bridgehead atoms. The zero-order valence-corrected chi connectivity index (χ0v) is 21.3. The number of benzene rings is 3. The molecule has 8 rings (SSSR count). The van der Waals surface area contributed by atoms with Crippen LogP contribution < -0.4 is 20.4 Å². The third-order valence-electron chi connectivity index (χ3n) is 9.10. The number of phenols is 1. The maximum absolute atomic E-state index is 16.6. The second-order valence-corrected chi connectivity index (χ2v) is 11.7. The van der Waals surface area contributed by atoms with E-state index in [0.717, 1.165) is 67.7 Å². The summed E-state index contributed by atoms with van der Waals surface area (Å²) in [6.07, 6.45) is 3.50. The first-order valence-corrected chi connectivity index (χ1v) is 13.7. The summed E-state index contributed by atoms with van der Waals surface area (Å²) in [7, 11) is 0. The lowest BCUT2D eigenvalue weighted by atomic mass is 9.79. The molecular weight excluding hydrogens is 479 g/mol. The quantitative estimate of drug-likeness (QED) is 0.384. The van der Waals surface area contributed by atoms with E-state index in [-0.39, 0.29) is 17.0 Å². The second kappa shape index (κ2) is 8.25. The average Bonchev–Trinajstić information content (AvgIpc) is 3.53. The fourth-order valence-electron chi connectivity index (χ4n) is 7.18. The molecule has 8 heteroatoms. The number of nitrogens with one attached hydrogen (secondary N) is 2. The summed E-state index contributed by atoms with van der Waals surface area (Å²) < 4.78 is 16.6. The van der Waals surface area contributed by atoms with Gasteiger partial charge in [-0.2, -0.15) is 4.98 Å². The first-order valence-electron chi connectivity index (χ1n) is 13.7. The number of aromatic hydroxyl groups is 1. The Hall–Kier alpha value is -3.49. The van der Waals surface area contributed by atoms with Gasteiger partial charge in [0, 0.05) is 61.2 Å². The molecule has 0 radical (unpaired) electrons. The van der Waals surface area contributed by atoms with Crippen LogP contribution in [0.2, 0.25) is 0 Å². The van der Waals surface area contributed by atoms with Gasteiger partial charge in [0.15, 0.2) is 5.82 Å². The molecule has 4 aliphatic rings. The van der Waals surface area contributed by atoms with E-state index in [2.05, 4.69) is 20.4 Å². The Kier molecular flexibility index (Phi) is 4.88. The highest BCUT2D eigenvalue weighted by molar-refractivity contribution is 6.01. The van der Waals surface area contributed by atoms with Gasteiger partial charge in [-0.1, -0.05) is 30.3 Å². The van der Waals surface area contributed by atoms with E-state index >= 15 is 4.39 Å². The fraction of sp³-hybridized carbons (Fsp3) is 0.400. The molecule has 0 saturated carbocycles. The van der Waals surface area contributed by atoms with Crippen molar-refractivity contribution in [2.24, 2.45) is 5.41 Å². The summed E-state index contributed by atoms with van der Waals surface area (Å²) in [5, 5.41) is 20.1. The minimum atomic E-state index is -0.362. The van der Waals surface area contributed by atoms with Crippen molar-refractivity contribution in [2.45, 2.75) is 31.3 Å². The van der Waals surface area contributed by atoms with Crippen LogP contribution in [0.15, 0.2) is 48.5 Å². The predicted molar refractivity (Wildman–Crippen MR) is 148 cm³/mol. The molecule has 3 N–H and O–H groups in total. The van der Waals surface area contributed by atoms with Crippen LogP contribution in [0.25, 0.3) is 32.8 Å². The van der Waals surface area contributed by atoms with Crippen LogP contribution in [0, 0.1) is 11.2 Å². The van der Waals surface area contributed by atoms with Gasteiger partial charge in [-0.3, -0.25) is 0 Å². The molecule has 4 aromatic rings. The smallest absolute Gasteiger partial charge is 0.228 e. The third-order valence-corrected chi connectivity index (χ3v) is 9.10. The van der Waals surface area contributed by atoms with E-state index in [1.165, 1.54) is 12.8 Å². The van der Waals surface area contributed by atoms with Crippen molar-refractivity contribution in [1.82, 2.24) is 20.6 Å². The molecule has 1 spiro atoms. The molecule has 0 amide bonds. The lowest BCUT2D eigenvalue weighted by Gasteiger charge is -2.48. The number of hydrogen-bond acceptors (Lipinski definition) is 7. The summed E-state index contributed by atoms with van der Waals surface area (Å²) in [4.78, 5) is 14.5. The number of piperazine rings is 1. The summed E-state index contributed by atoms with van der Waals surface area (Å²) in [6.45, 7) is 5.62. The van der Waals surface area contributed by atoms with Gasteiger partial charge < -0.3 is 25.5 Å². The van der Waals surface area contributed by atoms with E-state index in [1.807, 2.05) is 36.4 Å². The molecule has 4 saturated heterocycles. The molecule has 38 heavy (non-hydrogen) atoms. The van der Waals surface area contributed by atoms with E-state index in [0.29, 0.717) is 34.7 Å². The van der Waals surface area contributed by atoms with E-state index in [1.54, 1.807) is 12.1 Å². The van der Waals surface area contributed by atoms with E-state index in [4.69, 9.17) is 9.97 Å². The summed E-state index contributed by atoms with van der Waals surface area (Å²) in [6, 6.07) is 15.8. The van der Waals surface area contributed by atoms with Crippen molar-refractivity contribution in [3.8, 4) is 16.9 Å². The maximum Gasteiger partial charge on any atom is 0.228 e. The van der Waals surface area contributed by atoms with Gasteiger partial charge in [0.1, 0.15) is 17.1 Å². The van der Waals surface area contributed by atoms with Gasteiger partial charge in [-0.05, 0) is 60.3 Å². The number of halogens is 1. The molecule has 4 aliphatic heterocycles. The molecule has 194 valence electrons. The first-order chi connectivity index (χ1) is 18.6. The molecular formula is C30H31FN6O. The first kappa shape index (κ1) is 22.5. The normalized spacial score (nSPS) is 24.0. The average molecular weight is 511 g/mol. The fourth-order valence-corrected chi connectivity index (χ4v) is 7.18. The highest BCUT2D eigenvalue weighted by atomic mass is 19.1. The highest BCUT2D eigenvalue weighted by Crippen LogP contribution is 2.42. The van der Waals surface area contributed by atoms with Crippen LogP contribution >= 0.6 is 0 Å². The number of nitrogens with zero attached hydrogens (tertiary/aromatic N) is 4. The second-order valence-electron chi connectivity index (χ2n) is 11.7. The lowest BCUT2D eigenvalue weighted by Crippen LogP contribution is -2.58. The number of hydrogen-bond donors (Lipinski definition) is 3. The van der Waals surface area contributed by atoms with Crippen LogP contribution in [0.3, 0.4) is 0 Å². The number of aromatic nitrogens is 2. The van der Waals surface area contributed by atoms with Crippen molar-refractivity contribution < 1.29 is 9.50 Å². The van der Waals surface area contributed by atoms with Gasteiger partial charge >= 0.3 is 0 Å². The van der Waals surface area contributed by atoms with Crippen molar-refractivity contribution in [2.75, 3.05) is 49.1 Å². The molecule has 2 unspecified atom stereocenters. The van der Waals surface area contributed by atoms with Crippen LogP contribution in [-0.2, 0) is 0 Å². The van der Waals surface area contributed by atoms with Gasteiger partial charge in [0.2, 0.25) is 5.95 Å². The van der Waals surface area contributed by atoms with Crippen LogP contribution in [0.4, 0.5) is 16.2 Å². The van der Waals surface area contributed by atoms with Gasteiger partial charge in [0.25, 0.3) is 0 Å². The van der Waals surface area contributed by atoms with Gasteiger partial charge in [-0.15, -0.1) is 0 Å². The Bertz CT molecular complexity index is 1560. The number of phenolic OH excluding ortho intramolecular Hbond substituents is 1. The number of fused-ring (bicyclic) bond motifs is 4. The minimum Gasteiger partial charge on any atom is -0.508 e. The summed E-state index contributed by atoms with van der Waals surface area (Å²) in [5.41, 5.74) is 1.75. The van der Waals surface area contributed by atoms with E-state index < -0.39 is 0 Å². The van der Waals surface area contributed by atoms with Gasteiger partial charge in [0.05, 0.1) is 0 Å². The Morgan fingerprint density at radius 2 is 1.74 bits per heavy atom. The van der Waals surface area contributed by atoms with E-state index in [9.17, 15) is 5.11 Å². The van der Waals surface area contributed by atoms with Crippen molar-refractivity contribution >= 4 is 33.4 Å². The highest BCUT2D eigenvalue weighted by Gasteiger charge is 2.46. The molecule has 0 aliphatic carbocycles. The molecule has 1 aromatic heterocycles. The van der Waals surface area contributed by atoms with Crippen molar-refractivity contribution in [3.05, 3.63) is 54.3 Å². The molecule has 5 heterocycles. The Morgan fingerprint density at radius 1 is 0.921 bits per heavy atom. The molecule has 7 nitrogen and oxygen atoms in total. The number of rotatable bonds is 3. The zero-order chi connectivity index (χ0) is 25.4. The Labute approximate surface area is 220 Å². The van der Waals surface area contributed by atoms with Crippen molar-refractivity contribution in [3.63, 3.8) is 0 Å². The molecule has 4 fully saturated rings. The van der Waals surface area contributed by atoms with Crippen molar-refractivity contribution in [1.29, 1.82) is 0 Å².